The third-order valence-corrected chi connectivity index (χ3v) is 15.4. The molecule has 436 valence electrons. The lowest BCUT2D eigenvalue weighted by molar-refractivity contribution is -0.143. The van der Waals surface area contributed by atoms with Gasteiger partial charge in [0.25, 0.3) is 0 Å². The highest BCUT2D eigenvalue weighted by Crippen LogP contribution is 2.18. The molecule has 0 saturated heterocycles. The Morgan fingerprint density at radius 3 is 1.03 bits per heavy atom. The lowest BCUT2D eigenvalue weighted by Gasteiger charge is -2.20. The van der Waals surface area contributed by atoms with Gasteiger partial charge in [-0.2, -0.15) is 0 Å². The average Bonchev–Trinajstić information content (AvgIpc) is 3.40. The molecule has 0 aromatic carbocycles. The standard InChI is InChI=1S/C68H129NO5/c1-3-5-7-9-11-13-15-17-19-28-32-36-40-44-48-52-56-60-66(71)65(64-70)69-67(72)61-57-53-49-45-41-37-33-30-26-24-22-21-23-25-27-31-35-39-43-47-51-55-59-63-74-68(73)62-58-54-50-46-42-38-34-29-20-18-16-14-12-10-8-6-4-2/h21,23-24,26,56,60,65-66,70-71H,3-20,22,25,27-55,57-59,61-64H2,1-2H3,(H,69,72)/b23-21-,26-24-,60-56+. The van der Waals surface area contributed by atoms with Crippen LogP contribution in [0.5, 0.6) is 0 Å². The number of hydrogen-bond acceptors (Lipinski definition) is 5. The predicted molar refractivity (Wildman–Crippen MR) is 324 cm³/mol. The van der Waals surface area contributed by atoms with Gasteiger partial charge in [-0.3, -0.25) is 9.59 Å². The molecule has 74 heavy (non-hydrogen) atoms. The number of allylic oxidation sites excluding steroid dienone is 5. The summed E-state index contributed by atoms with van der Waals surface area (Å²) in [4.78, 5) is 24.6. The summed E-state index contributed by atoms with van der Waals surface area (Å²) in [5.74, 6) is -0.0656. The fraction of sp³-hybridized carbons (Fsp3) is 0.882. The van der Waals surface area contributed by atoms with Crippen LogP contribution in [0, 0.1) is 0 Å². The van der Waals surface area contributed by atoms with Crippen LogP contribution >= 0.6 is 0 Å². The van der Waals surface area contributed by atoms with E-state index in [1.807, 2.05) is 6.08 Å². The van der Waals surface area contributed by atoms with Crippen LogP contribution in [0.25, 0.3) is 0 Å². The number of amides is 1. The molecule has 6 nitrogen and oxygen atoms in total. The molecule has 0 radical (unpaired) electrons. The van der Waals surface area contributed by atoms with E-state index in [0.29, 0.717) is 19.4 Å². The molecule has 0 fully saturated rings. The number of unbranched alkanes of at least 4 members (excludes halogenated alkanes) is 47. The molecule has 0 bridgehead atoms. The molecule has 0 aliphatic carbocycles. The van der Waals surface area contributed by atoms with Crippen LogP contribution in [-0.4, -0.2) is 47.4 Å². The van der Waals surface area contributed by atoms with Gasteiger partial charge < -0.3 is 20.3 Å². The first kappa shape index (κ1) is 72.1. The number of ether oxygens (including phenoxy) is 1. The third kappa shape index (κ3) is 59.3. The van der Waals surface area contributed by atoms with E-state index in [9.17, 15) is 19.8 Å². The van der Waals surface area contributed by atoms with E-state index in [0.717, 1.165) is 57.8 Å². The number of carbonyl (C=O) groups excluding carboxylic acids is 2. The molecule has 2 atom stereocenters. The zero-order valence-corrected chi connectivity index (χ0v) is 49.8. The Morgan fingerprint density at radius 2 is 0.676 bits per heavy atom. The molecule has 0 rings (SSSR count). The predicted octanol–water partition coefficient (Wildman–Crippen LogP) is 21.1. The van der Waals surface area contributed by atoms with E-state index in [1.54, 1.807) is 6.08 Å². The van der Waals surface area contributed by atoms with E-state index >= 15 is 0 Å². The third-order valence-electron chi connectivity index (χ3n) is 15.4. The molecule has 0 aliphatic rings. The molecular weight excluding hydrogens is 911 g/mol. The number of nitrogens with one attached hydrogen (secondary N) is 1. The number of rotatable bonds is 62. The van der Waals surface area contributed by atoms with Gasteiger partial charge in [0.15, 0.2) is 0 Å². The van der Waals surface area contributed by atoms with Crippen LogP contribution in [0.15, 0.2) is 36.5 Å². The lowest BCUT2D eigenvalue weighted by atomic mass is 10.0. The molecular formula is C68H129NO5. The van der Waals surface area contributed by atoms with Crippen molar-refractivity contribution in [3.63, 3.8) is 0 Å². The minimum absolute atomic E-state index is 0.0108. The van der Waals surface area contributed by atoms with Crippen LogP contribution in [0.1, 0.15) is 361 Å². The van der Waals surface area contributed by atoms with Crippen molar-refractivity contribution in [1.29, 1.82) is 0 Å². The van der Waals surface area contributed by atoms with Crippen molar-refractivity contribution in [2.45, 2.75) is 373 Å². The largest absolute Gasteiger partial charge is 0.466 e. The summed E-state index contributed by atoms with van der Waals surface area (Å²) < 4.78 is 5.50. The molecule has 2 unspecified atom stereocenters. The van der Waals surface area contributed by atoms with Crippen molar-refractivity contribution in [1.82, 2.24) is 5.32 Å². The van der Waals surface area contributed by atoms with Crippen molar-refractivity contribution in [2.75, 3.05) is 13.2 Å². The van der Waals surface area contributed by atoms with Crippen LogP contribution in [0.4, 0.5) is 0 Å². The van der Waals surface area contributed by atoms with Crippen molar-refractivity contribution in [3.05, 3.63) is 36.5 Å². The van der Waals surface area contributed by atoms with Crippen LogP contribution in [0.3, 0.4) is 0 Å². The normalized spacial score (nSPS) is 12.8. The van der Waals surface area contributed by atoms with E-state index in [4.69, 9.17) is 4.74 Å². The second kappa shape index (κ2) is 63.6. The summed E-state index contributed by atoms with van der Waals surface area (Å²) in [5.41, 5.74) is 0. The molecule has 1 amide bonds. The highest BCUT2D eigenvalue weighted by molar-refractivity contribution is 5.76. The zero-order valence-electron chi connectivity index (χ0n) is 49.8. The number of esters is 1. The van der Waals surface area contributed by atoms with E-state index < -0.39 is 12.1 Å². The second-order valence-electron chi connectivity index (χ2n) is 22.8. The number of carbonyl (C=O) groups is 2. The van der Waals surface area contributed by atoms with Crippen LogP contribution < -0.4 is 5.32 Å². The fourth-order valence-corrected chi connectivity index (χ4v) is 10.3. The van der Waals surface area contributed by atoms with Crippen LogP contribution in [0.2, 0.25) is 0 Å². The van der Waals surface area contributed by atoms with E-state index in [2.05, 4.69) is 43.5 Å². The average molecular weight is 1040 g/mol. The van der Waals surface area contributed by atoms with E-state index in [1.165, 1.54) is 276 Å². The molecule has 3 N–H and O–H groups in total. The number of hydrogen-bond donors (Lipinski definition) is 3. The van der Waals surface area contributed by atoms with Gasteiger partial charge in [-0.25, -0.2) is 0 Å². The molecule has 0 aliphatic heterocycles. The molecule has 0 aromatic rings. The monoisotopic (exact) mass is 1040 g/mol. The first-order chi connectivity index (χ1) is 36.5. The van der Waals surface area contributed by atoms with Gasteiger partial charge >= 0.3 is 5.97 Å². The first-order valence-corrected chi connectivity index (χ1v) is 33.3. The van der Waals surface area contributed by atoms with Gasteiger partial charge in [0.1, 0.15) is 0 Å². The fourth-order valence-electron chi connectivity index (χ4n) is 10.3. The van der Waals surface area contributed by atoms with Gasteiger partial charge in [-0.05, 0) is 64.2 Å². The topological polar surface area (TPSA) is 95.9 Å². The smallest absolute Gasteiger partial charge is 0.305 e. The Hall–Kier alpha value is -1.92. The maximum Gasteiger partial charge on any atom is 0.305 e. The Balaban J connectivity index is 3.45. The zero-order chi connectivity index (χ0) is 53.6. The highest BCUT2D eigenvalue weighted by Gasteiger charge is 2.18. The number of aliphatic hydroxyl groups is 2. The summed E-state index contributed by atoms with van der Waals surface area (Å²) in [6.45, 7) is 4.92. The SMILES string of the molecule is CCCCCCCCCCCCCCCCC/C=C/C(O)C(CO)NC(=O)CCCCCCCCC/C=C\C/C=C\CCCCCCCCCCCOC(=O)CCCCCCCCCCCCCCCCCCC. The molecule has 0 aromatic heterocycles. The Morgan fingerprint density at radius 1 is 0.378 bits per heavy atom. The molecule has 0 heterocycles. The molecule has 0 spiro atoms. The minimum atomic E-state index is -0.852. The summed E-state index contributed by atoms with van der Waals surface area (Å²) in [5, 5.41) is 23.2. The highest BCUT2D eigenvalue weighted by atomic mass is 16.5. The Kier molecular flexibility index (Phi) is 62.0. The maximum atomic E-state index is 12.5. The van der Waals surface area contributed by atoms with Gasteiger partial charge in [0.2, 0.25) is 5.91 Å². The van der Waals surface area contributed by atoms with Crippen molar-refractivity contribution < 1.29 is 24.5 Å². The molecule has 6 heteroatoms. The second-order valence-corrected chi connectivity index (χ2v) is 22.8. The Bertz CT molecular complexity index is 1200. The van der Waals surface area contributed by atoms with Crippen molar-refractivity contribution in [3.8, 4) is 0 Å². The van der Waals surface area contributed by atoms with Gasteiger partial charge in [0.05, 0.1) is 25.4 Å². The van der Waals surface area contributed by atoms with Crippen LogP contribution in [-0.2, 0) is 14.3 Å². The lowest BCUT2D eigenvalue weighted by Crippen LogP contribution is -2.45. The van der Waals surface area contributed by atoms with Gasteiger partial charge in [0, 0.05) is 12.8 Å². The van der Waals surface area contributed by atoms with Gasteiger partial charge in [-0.1, -0.05) is 320 Å². The van der Waals surface area contributed by atoms with Gasteiger partial charge in [-0.15, -0.1) is 0 Å². The quantitative estimate of drug-likeness (QED) is 0.0320. The Labute approximate surface area is 462 Å². The van der Waals surface area contributed by atoms with Crippen molar-refractivity contribution in [2.24, 2.45) is 0 Å². The summed E-state index contributed by atoms with van der Waals surface area (Å²) >= 11 is 0. The summed E-state index contributed by atoms with van der Waals surface area (Å²) in [6, 6.07) is -0.636. The first-order valence-electron chi connectivity index (χ1n) is 33.3. The number of aliphatic hydroxyl groups excluding tert-OH is 2. The summed E-state index contributed by atoms with van der Waals surface area (Å²) in [6.07, 6.45) is 80.5. The summed E-state index contributed by atoms with van der Waals surface area (Å²) in [7, 11) is 0. The van der Waals surface area contributed by atoms with E-state index in [-0.39, 0.29) is 18.5 Å². The van der Waals surface area contributed by atoms with Crippen molar-refractivity contribution >= 4 is 11.9 Å². The maximum absolute atomic E-state index is 12.5. The minimum Gasteiger partial charge on any atom is -0.466 e. The molecule has 0 saturated carbocycles.